The molecule has 2 aliphatic heterocycles. The normalized spacial score (nSPS) is 28.7. The van der Waals surface area contributed by atoms with Crippen molar-refractivity contribution in [3.05, 3.63) is 97.2 Å². The first-order chi connectivity index (χ1) is 30.1. The van der Waals surface area contributed by atoms with Crippen molar-refractivity contribution in [1.82, 2.24) is 5.32 Å². The van der Waals surface area contributed by atoms with Crippen molar-refractivity contribution in [3.8, 4) is 0 Å². The van der Waals surface area contributed by atoms with Crippen LogP contribution in [-0.2, 0) is 23.7 Å². The summed E-state index contributed by atoms with van der Waals surface area (Å²) in [4.78, 5) is 12.9. The maximum Gasteiger partial charge on any atom is 0.220 e. The van der Waals surface area contributed by atoms with E-state index in [1.54, 1.807) is 12.2 Å². The molecule has 1 amide bonds. The van der Waals surface area contributed by atoms with E-state index in [-0.39, 0.29) is 18.9 Å². The Kier molecular flexibility index (Phi) is 30.5. The quantitative estimate of drug-likeness (QED) is 0.0348. The highest BCUT2D eigenvalue weighted by molar-refractivity contribution is 5.76. The van der Waals surface area contributed by atoms with Gasteiger partial charge in [0.2, 0.25) is 5.91 Å². The van der Waals surface area contributed by atoms with Gasteiger partial charge in [0.25, 0.3) is 0 Å². The largest absolute Gasteiger partial charge is 0.394 e. The van der Waals surface area contributed by atoms with E-state index >= 15 is 0 Å². The van der Waals surface area contributed by atoms with Crippen LogP contribution < -0.4 is 5.32 Å². The summed E-state index contributed by atoms with van der Waals surface area (Å²) in [6.07, 6.45) is 28.6. The van der Waals surface area contributed by atoms with E-state index in [1.807, 2.05) is 6.92 Å². The standard InChI is InChI=1S/C48H77NO13/c1-3-5-7-8-9-10-11-12-13-14-15-16-17-18-19-20-21-22-23-24-25-26-27-28-30-32-40(53)49-36(37(52)31-29-6-4-2)35-59-47-45(58)43(56)46(39(34-51)61-47)62-48-44(57)42(55)41(54)38(33-50)60-48/h5,7,9-10,12-13,15-16,18-19,21-22,24-25,29,31,36-39,41-48,50-52,54-58H,3-4,6,8,11,14,17,20,23,26-28,30,32-35H2,1-2H3,(H,49,53)/b7-5-,10-9-,13-12-,16-15-,19-18-,22-21-,25-24-,31-29+. The minimum absolute atomic E-state index is 0.231. The number of aliphatic hydroxyl groups excluding tert-OH is 8. The van der Waals surface area contributed by atoms with Crippen LogP contribution in [0.25, 0.3) is 0 Å². The molecule has 0 aliphatic carbocycles. The van der Waals surface area contributed by atoms with Crippen molar-refractivity contribution < 1.29 is 64.6 Å². The third kappa shape index (κ3) is 22.0. The smallest absolute Gasteiger partial charge is 0.220 e. The molecule has 62 heavy (non-hydrogen) atoms. The second-order valence-corrected chi connectivity index (χ2v) is 15.4. The molecule has 14 heteroatoms. The van der Waals surface area contributed by atoms with Crippen LogP contribution in [0.1, 0.15) is 104 Å². The Morgan fingerprint density at radius 2 is 1.11 bits per heavy atom. The Bertz CT molecular complexity index is 1410. The predicted octanol–water partition coefficient (Wildman–Crippen LogP) is 4.42. The van der Waals surface area contributed by atoms with Crippen LogP contribution >= 0.6 is 0 Å². The van der Waals surface area contributed by atoms with Crippen molar-refractivity contribution in [1.29, 1.82) is 0 Å². The van der Waals surface area contributed by atoms with Crippen LogP contribution in [0, 0.1) is 0 Å². The first-order valence-corrected chi connectivity index (χ1v) is 22.5. The summed E-state index contributed by atoms with van der Waals surface area (Å²) >= 11 is 0. The number of unbranched alkanes of at least 4 members (excludes halogenated alkanes) is 4. The van der Waals surface area contributed by atoms with Gasteiger partial charge in [0, 0.05) is 6.42 Å². The molecular formula is C48H77NO13. The fraction of sp³-hybridized carbons (Fsp3) is 0.646. The predicted molar refractivity (Wildman–Crippen MR) is 239 cm³/mol. The first-order valence-electron chi connectivity index (χ1n) is 22.5. The maximum absolute atomic E-state index is 12.9. The molecule has 12 atom stereocenters. The Morgan fingerprint density at radius 3 is 1.65 bits per heavy atom. The lowest BCUT2D eigenvalue weighted by molar-refractivity contribution is -0.359. The van der Waals surface area contributed by atoms with Gasteiger partial charge in [0.05, 0.1) is 32.0 Å². The van der Waals surface area contributed by atoms with Gasteiger partial charge >= 0.3 is 0 Å². The Balaban J connectivity index is 1.71. The first kappa shape index (κ1) is 55.0. The molecule has 2 saturated heterocycles. The molecule has 0 radical (unpaired) electrons. The molecule has 0 spiro atoms. The summed E-state index contributed by atoms with van der Waals surface area (Å²) in [5, 5.41) is 85.6. The number of nitrogens with one attached hydrogen (secondary N) is 1. The van der Waals surface area contributed by atoms with Crippen molar-refractivity contribution in [2.75, 3.05) is 19.8 Å². The SMILES string of the molecule is CC/C=C\C/C=C\C/C=C\C/C=C\C/C=C\C/C=C\C/C=C\CCCCCC(=O)NC(COC1OC(CO)C(OC2OC(CO)C(O)C(O)C2O)C(O)C1O)C(O)/C=C/CCC. The topological polar surface area (TPSA) is 228 Å². The van der Waals surface area contributed by atoms with Crippen molar-refractivity contribution in [3.63, 3.8) is 0 Å². The fourth-order valence-corrected chi connectivity index (χ4v) is 6.57. The molecule has 2 rings (SSSR count). The molecule has 2 fully saturated rings. The molecular weight excluding hydrogens is 799 g/mol. The van der Waals surface area contributed by atoms with E-state index in [9.17, 15) is 45.6 Å². The minimum atomic E-state index is -1.79. The van der Waals surface area contributed by atoms with Gasteiger partial charge < -0.3 is 65.1 Å². The number of amides is 1. The molecule has 0 aromatic carbocycles. The lowest BCUT2D eigenvalue weighted by atomic mass is 9.97. The molecule has 352 valence electrons. The van der Waals surface area contributed by atoms with Crippen LogP contribution in [-0.4, -0.2) is 140 Å². The van der Waals surface area contributed by atoms with E-state index in [0.717, 1.165) is 70.6 Å². The molecule has 12 unspecified atom stereocenters. The Morgan fingerprint density at radius 1 is 0.597 bits per heavy atom. The molecule has 2 heterocycles. The van der Waals surface area contributed by atoms with E-state index in [0.29, 0.717) is 12.8 Å². The zero-order valence-electron chi connectivity index (χ0n) is 36.8. The number of ether oxygens (including phenoxy) is 4. The van der Waals surface area contributed by atoms with Crippen LogP contribution in [0.4, 0.5) is 0 Å². The highest BCUT2D eigenvalue weighted by Gasteiger charge is 2.50. The molecule has 0 aromatic rings. The van der Waals surface area contributed by atoms with Gasteiger partial charge in [-0.25, -0.2) is 0 Å². The van der Waals surface area contributed by atoms with Crippen LogP contribution in [0.3, 0.4) is 0 Å². The molecule has 2 aliphatic rings. The van der Waals surface area contributed by atoms with E-state index in [2.05, 4.69) is 97.3 Å². The fourth-order valence-electron chi connectivity index (χ4n) is 6.57. The summed E-state index contributed by atoms with van der Waals surface area (Å²) < 4.78 is 22.4. The van der Waals surface area contributed by atoms with Crippen LogP contribution in [0.5, 0.6) is 0 Å². The van der Waals surface area contributed by atoms with Gasteiger partial charge in [-0.05, 0) is 70.6 Å². The van der Waals surface area contributed by atoms with Crippen molar-refractivity contribution in [2.45, 2.75) is 177 Å². The minimum Gasteiger partial charge on any atom is -0.394 e. The van der Waals surface area contributed by atoms with Crippen molar-refractivity contribution in [2.24, 2.45) is 0 Å². The van der Waals surface area contributed by atoms with Crippen LogP contribution in [0.15, 0.2) is 97.2 Å². The third-order valence-corrected chi connectivity index (χ3v) is 10.3. The number of carbonyl (C=O) groups excluding carboxylic acids is 1. The van der Waals surface area contributed by atoms with E-state index < -0.39 is 86.8 Å². The monoisotopic (exact) mass is 876 g/mol. The summed E-state index contributed by atoms with van der Waals surface area (Å²) in [7, 11) is 0. The maximum atomic E-state index is 12.9. The molecule has 14 nitrogen and oxygen atoms in total. The lowest BCUT2D eigenvalue weighted by Gasteiger charge is -2.46. The lowest BCUT2D eigenvalue weighted by Crippen LogP contribution is -2.65. The van der Waals surface area contributed by atoms with Gasteiger partial charge in [-0.2, -0.15) is 0 Å². The summed E-state index contributed by atoms with van der Waals surface area (Å²) in [5.41, 5.74) is 0. The van der Waals surface area contributed by atoms with Crippen LogP contribution in [0.2, 0.25) is 0 Å². The second-order valence-electron chi connectivity index (χ2n) is 15.4. The Labute approximate surface area is 369 Å². The summed E-state index contributed by atoms with van der Waals surface area (Å²) in [6.45, 7) is 2.37. The average Bonchev–Trinajstić information content (AvgIpc) is 3.27. The summed E-state index contributed by atoms with van der Waals surface area (Å²) in [5.74, 6) is -0.291. The Hall–Kier alpha value is -3.09. The molecule has 0 aromatic heterocycles. The van der Waals surface area contributed by atoms with Gasteiger partial charge in [-0.3, -0.25) is 4.79 Å². The second kappa shape index (κ2) is 34.3. The van der Waals surface area contributed by atoms with Gasteiger partial charge in [0.1, 0.15) is 48.8 Å². The number of hydrogen-bond donors (Lipinski definition) is 9. The number of hydrogen-bond acceptors (Lipinski definition) is 13. The highest BCUT2D eigenvalue weighted by atomic mass is 16.7. The zero-order chi connectivity index (χ0) is 45.4. The zero-order valence-corrected chi connectivity index (χ0v) is 36.8. The molecule has 0 bridgehead atoms. The molecule has 0 saturated carbocycles. The molecule has 9 N–H and O–H groups in total. The number of carbonyl (C=O) groups is 1. The average molecular weight is 876 g/mol. The van der Waals surface area contributed by atoms with Crippen molar-refractivity contribution >= 4 is 5.91 Å². The summed E-state index contributed by atoms with van der Waals surface area (Å²) in [6, 6.07) is -0.934. The number of aliphatic hydroxyl groups is 8. The van der Waals surface area contributed by atoms with Gasteiger partial charge in [0.15, 0.2) is 12.6 Å². The van der Waals surface area contributed by atoms with E-state index in [1.165, 1.54) is 0 Å². The van der Waals surface area contributed by atoms with Gasteiger partial charge in [-0.1, -0.05) is 124 Å². The number of allylic oxidation sites excluding steroid dienone is 15. The van der Waals surface area contributed by atoms with Gasteiger partial charge in [-0.15, -0.1) is 0 Å². The third-order valence-electron chi connectivity index (χ3n) is 10.3. The highest BCUT2D eigenvalue weighted by Crippen LogP contribution is 2.29. The van der Waals surface area contributed by atoms with E-state index in [4.69, 9.17) is 18.9 Å². The number of rotatable bonds is 31.